The van der Waals surface area contributed by atoms with Crippen LogP contribution >= 0.6 is 0 Å². The number of nitrogens with one attached hydrogen (secondary N) is 1. The summed E-state index contributed by atoms with van der Waals surface area (Å²) < 4.78 is 22.4. The predicted molar refractivity (Wildman–Crippen MR) is 47.3 cm³/mol. The van der Waals surface area contributed by atoms with Gasteiger partial charge in [0.25, 0.3) is 0 Å². The Hall–Kier alpha value is -0.880. The third kappa shape index (κ3) is 4.05. The first-order valence-corrected chi connectivity index (χ1v) is 4.91. The van der Waals surface area contributed by atoms with E-state index in [4.69, 9.17) is 5.11 Å². The van der Waals surface area contributed by atoms with E-state index in [1.165, 1.54) is 0 Å². The maximum absolute atomic E-state index is 10.6. The fourth-order valence-corrected chi connectivity index (χ4v) is 1.35. The monoisotopic (exact) mass is 206 g/mol. The highest BCUT2D eigenvalue weighted by molar-refractivity contribution is 7.77. The molecule has 0 aromatic rings. The average molecular weight is 206 g/mol. The highest BCUT2D eigenvalue weighted by atomic mass is 32.2. The van der Waals surface area contributed by atoms with Gasteiger partial charge in [-0.25, -0.2) is 4.79 Å². The minimum Gasteiger partial charge on any atom is -0.755 e. The normalized spacial score (nSPS) is 11.9. The van der Waals surface area contributed by atoms with E-state index < -0.39 is 17.2 Å². The van der Waals surface area contributed by atoms with E-state index in [0.717, 1.165) is 0 Å². The van der Waals surface area contributed by atoms with Crippen LogP contribution in [0.2, 0.25) is 0 Å². The van der Waals surface area contributed by atoms with Crippen molar-refractivity contribution in [2.75, 3.05) is 0 Å². The Morgan fingerprint density at radius 1 is 1.46 bits per heavy atom. The van der Waals surface area contributed by atoms with E-state index in [0.29, 0.717) is 18.4 Å². The van der Waals surface area contributed by atoms with E-state index >= 15 is 0 Å². The van der Waals surface area contributed by atoms with Gasteiger partial charge in [-0.2, -0.15) is 0 Å². The quantitative estimate of drug-likeness (QED) is 0.507. The van der Waals surface area contributed by atoms with Gasteiger partial charge in [-0.1, -0.05) is 13.8 Å². The molecule has 1 unspecified atom stereocenters. The molecular weight excluding hydrogens is 194 g/mol. The molecule has 0 aliphatic carbocycles. The molecule has 0 aromatic carbocycles. The first kappa shape index (κ1) is 12.1. The lowest BCUT2D eigenvalue weighted by Gasteiger charge is -2.12. The molecule has 0 heterocycles. The van der Waals surface area contributed by atoms with E-state index in [1.54, 1.807) is 13.8 Å². The summed E-state index contributed by atoms with van der Waals surface area (Å²) >= 11 is -2.58. The molecule has 0 saturated carbocycles. The Bertz CT molecular complexity index is 243. The van der Waals surface area contributed by atoms with E-state index in [9.17, 15) is 13.6 Å². The van der Waals surface area contributed by atoms with Crippen molar-refractivity contribution in [1.29, 1.82) is 0 Å². The molecule has 0 bridgehead atoms. The fraction of sp³-hybridized carbons (Fsp3) is 0.571. The van der Waals surface area contributed by atoms with Gasteiger partial charge in [0.1, 0.15) is 5.70 Å². The maximum Gasteiger partial charge on any atom is 0.352 e. The molecule has 0 saturated heterocycles. The zero-order valence-electron chi connectivity index (χ0n) is 7.49. The van der Waals surface area contributed by atoms with Gasteiger partial charge >= 0.3 is 5.97 Å². The zero-order chi connectivity index (χ0) is 10.4. The number of carboxylic acid groups (broad SMARTS) is 1. The standard InChI is InChI=1S/C7H13NO4S/c1-3-5(4-2)6(7(9)10)8-13(11)12/h8H,3-4H2,1-2H3,(H,9,10)(H,11,12)/p-1. The number of carboxylic acids is 1. The summed E-state index contributed by atoms with van der Waals surface area (Å²) in [7, 11) is 0. The second-order valence-corrected chi connectivity index (χ2v) is 3.00. The lowest BCUT2D eigenvalue weighted by Crippen LogP contribution is -2.24. The van der Waals surface area contributed by atoms with Crippen LogP contribution in [0.3, 0.4) is 0 Å². The average Bonchev–Trinajstić information content (AvgIpc) is 2.04. The first-order chi connectivity index (χ1) is 6.02. The van der Waals surface area contributed by atoms with Crippen molar-refractivity contribution < 1.29 is 18.7 Å². The molecule has 0 rings (SSSR count). The molecule has 2 N–H and O–H groups in total. The van der Waals surface area contributed by atoms with Crippen LogP contribution < -0.4 is 4.72 Å². The van der Waals surface area contributed by atoms with Gasteiger partial charge in [0.05, 0.1) is 0 Å². The molecule has 0 fully saturated rings. The van der Waals surface area contributed by atoms with E-state index in [1.807, 2.05) is 4.72 Å². The van der Waals surface area contributed by atoms with Gasteiger partial charge in [-0.15, -0.1) is 0 Å². The molecule has 0 amide bonds. The molecule has 0 aromatic heterocycles. The number of hydrogen-bond acceptors (Lipinski definition) is 3. The molecule has 0 aliphatic rings. The summed E-state index contributed by atoms with van der Waals surface area (Å²) in [4.78, 5) is 10.6. The third-order valence-corrected chi connectivity index (χ3v) is 1.98. The van der Waals surface area contributed by atoms with Crippen molar-refractivity contribution in [2.24, 2.45) is 0 Å². The fourth-order valence-electron chi connectivity index (χ4n) is 0.954. The summed E-state index contributed by atoms with van der Waals surface area (Å²) in [5.41, 5.74) is 0.343. The molecule has 5 nitrogen and oxygen atoms in total. The Morgan fingerprint density at radius 3 is 2.15 bits per heavy atom. The van der Waals surface area contributed by atoms with Crippen LogP contribution in [0.1, 0.15) is 26.7 Å². The topological polar surface area (TPSA) is 89.5 Å². The van der Waals surface area contributed by atoms with Gasteiger partial charge in [-0.05, 0) is 18.4 Å². The SMILES string of the molecule is CCC(CC)=C(NS(=O)[O-])C(=O)O. The van der Waals surface area contributed by atoms with Crippen LogP contribution in [0.4, 0.5) is 0 Å². The van der Waals surface area contributed by atoms with Crippen molar-refractivity contribution in [1.82, 2.24) is 4.72 Å². The molecule has 13 heavy (non-hydrogen) atoms. The lowest BCUT2D eigenvalue weighted by atomic mass is 10.1. The number of aliphatic carboxylic acids is 1. The first-order valence-electron chi connectivity index (χ1n) is 3.84. The number of hydrogen-bond donors (Lipinski definition) is 2. The second kappa shape index (κ2) is 5.71. The molecule has 76 valence electrons. The molecule has 0 radical (unpaired) electrons. The van der Waals surface area contributed by atoms with Crippen LogP contribution in [0.15, 0.2) is 11.3 Å². The summed E-state index contributed by atoms with van der Waals surface area (Å²) in [6, 6.07) is 0. The molecule has 6 heteroatoms. The summed E-state index contributed by atoms with van der Waals surface area (Å²) in [6.45, 7) is 3.55. The second-order valence-electron chi connectivity index (χ2n) is 2.33. The molecular formula is C7H12NO4S-. The third-order valence-electron chi connectivity index (χ3n) is 1.61. The van der Waals surface area contributed by atoms with E-state index in [-0.39, 0.29) is 5.70 Å². The Balaban J connectivity index is 4.85. The van der Waals surface area contributed by atoms with E-state index in [2.05, 4.69) is 0 Å². The summed E-state index contributed by atoms with van der Waals surface area (Å²) in [5.74, 6) is -1.25. The van der Waals surface area contributed by atoms with Crippen molar-refractivity contribution >= 4 is 17.2 Å². The molecule has 0 spiro atoms. The van der Waals surface area contributed by atoms with Crippen molar-refractivity contribution in [2.45, 2.75) is 26.7 Å². The minimum absolute atomic E-state index is 0.238. The Morgan fingerprint density at radius 2 is 1.92 bits per heavy atom. The summed E-state index contributed by atoms with van der Waals surface area (Å²) in [6.07, 6.45) is 1.03. The van der Waals surface area contributed by atoms with Crippen LogP contribution in [0.25, 0.3) is 0 Å². The highest BCUT2D eigenvalue weighted by Crippen LogP contribution is 2.10. The predicted octanol–water partition coefficient (Wildman–Crippen LogP) is 0.529. The zero-order valence-corrected chi connectivity index (χ0v) is 8.31. The minimum atomic E-state index is -2.58. The Labute approximate surface area is 79.3 Å². The maximum atomic E-state index is 10.6. The van der Waals surface area contributed by atoms with Gasteiger partial charge in [0, 0.05) is 11.3 Å². The van der Waals surface area contributed by atoms with Crippen molar-refractivity contribution in [3.8, 4) is 0 Å². The van der Waals surface area contributed by atoms with Crippen LogP contribution in [0, 0.1) is 0 Å². The van der Waals surface area contributed by atoms with Crippen LogP contribution in [0.5, 0.6) is 0 Å². The number of carbonyl (C=O) groups is 1. The highest BCUT2D eigenvalue weighted by Gasteiger charge is 2.11. The molecule has 0 aliphatic heterocycles. The number of rotatable bonds is 5. The largest absolute Gasteiger partial charge is 0.755 e. The van der Waals surface area contributed by atoms with Crippen LogP contribution in [-0.2, 0) is 16.1 Å². The van der Waals surface area contributed by atoms with Crippen molar-refractivity contribution in [3.63, 3.8) is 0 Å². The number of allylic oxidation sites excluding steroid dienone is 1. The molecule has 1 atom stereocenters. The van der Waals surface area contributed by atoms with Crippen molar-refractivity contribution in [3.05, 3.63) is 11.3 Å². The van der Waals surface area contributed by atoms with Gasteiger partial charge < -0.3 is 14.4 Å². The van der Waals surface area contributed by atoms with Gasteiger partial charge in [0.15, 0.2) is 0 Å². The Kier molecular flexibility index (Phi) is 5.33. The smallest absolute Gasteiger partial charge is 0.352 e. The van der Waals surface area contributed by atoms with Crippen LogP contribution in [-0.4, -0.2) is 19.8 Å². The van der Waals surface area contributed by atoms with Gasteiger partial charge in [-0.3, -0.25) is 4.21 Å². The lowest BCUT2D eigenvalue weighted by molar-refractivity contribution is -0.133. The summed E-state index contributed by atoms with van der Waals surface area (Å²) in [5, 5.41) is 8.66. The van der Waals surface area contributed by atoms with Gasteiger partial charge in [0.2, 0.25) is 0 Å².